The fraction of sp³-hybridized carbons (Fsp3) is 0.500. The van der Waals surface area contributed by atoms with E-state index in [1.807, 2.05) is 0 Å². The van der Waals surface area contributed by atoms with Crippen molar-refractivity contribution >= 4 is 23.6 Å². The topological polar surface area (TPSA) is 87.7 Å². The van der Waals surface area contributed by atoms with Crippen LogP contribution < -0.4 is 10.2 Å². The average molecular weight is 655 g/mol. The highest BCUT2D eigenvalue weighted by molar-refractivity contribution is 5.95. The van der Waals surface area contributed by atoms with Crippen LogP contribution in [0.3, 0.4) is 0 Å². The number of carbonyl (C=O) groups excluding carboxylic acids is 2. The molecule has 1 aromatic heterocycles. The molecule has 1 aromatic carbocycles. The number of alkyl halides is 12. The number of halogens is 12. The van der Waals surface area contributed by atoms with E-state index in [2.05, 4.69) is 20.1 Å². The first kappa shape index (κ1) is 34.5. The third kappa shape index (κ3) is 8.34. The molecule has 0 saturated heterocycles. The van der Waals surface area contributed by atoms with E-state index >= 15 is 0 Å². The summed E-state index contributed by atoms with van der Waals surface area (Å²) < 4.78 is 158. The first-order chi connectivity index (χ1) is 20.0. The molecule has 1 aliphatic carbocycles. The fourth-order valence-corrected chi connectivity index (χ4v) is 4.25. The van der Waals surface area contributed by atoms with E-state index in [0.717, 1.165) is 4.90 Å². The number of hydrogen-bond donors (Lipinski definition) is 1. The van der Waals surface area contributed by atoms with Crippen molar-refractivity contribution in [3.63, 3.8) is 0 Å². The Hall–Kier alpha value is -4.00. The number of nitrogens with zero attached hydrogens (tertiary/aromatic N) is 4. The molecule has 244 valence electrons. The Morgan fingerprint density at radius 1 is 0.818 bits per heavy atom. The van der Waals surface area contributed by atoms with Crippen LogP contribution in [0.15, 0.2) is 24.4 Å². The summed E-state index contributed by atoms with van der Waals surface area (Å²) in [5.41, 5.74) is -6.35. The summed E-state index contributed by atoms with van der Waals surface area (Å²) in [6, 6.07) is -2.45. The molecule has 1 saturated carbocycles. The highest BCUT2D eigenvalue weighted by atomic mass is 19.4. The van der Waals surface area contributed by atoms with Crippen LogP contribution in [0.25, 0.3) is 0 Å². The minimum absolute atomic E-state index is 0.0243. The standard InChI is InChI=1S/C24H21F12N5O3/c1-40(2)17-16(23(31,32)33)10-37-20(39-17)38-14-3-5-15(6-4-14)41(44-19(43)24(34,35)36)18(42)11-7-12(21(25,26)27)9-13(8-11)22(28,29)30/h7-10,14-15H,3-6H2,1-2H3,(H,37,38,39). The molecule has 1 fully saturated rings. The molecular weight excluding hydrogens is 634 g/mol. The lowest BCUT2D eigenvalue weighted by molar-refractivity contribution is -0.235. The minimum atomic E-state index is -5.69. The highest BCUT2D eigenvalue weighted by Gasteiger charge is 2.46. The van der Waals surface area contributed by atoms with Crippen LogP contribution in [0.1, 0.15) is 52.7 Å². The van der Waals surface area contributed by atoms with Gasteiger partial charge in [0.05, 0.1) is 17.2 Å². The Balaban J connectivity index is 1.88. The second-order valence-corrected chi connectivity index (χ2v) is 9.77. The third-order valence-electron chi connectivity index (χ3n) is 6.31. The molecular formula is C24H21F12N5O3. The summed E-state index contributed by atoms with van der Waals surface area (Å²) in [4.78, 5) is 37.3. The Bertz CT molecular complexity index is 1330. The minimum Gasteiger partial charge on any atom is -0.362 e. The van der Waals surface area contributed by atoms with Crippen molar-refractivity contribution in [2.24, 2.45) is 0 Å². The summed E-state index contributed by atoms with van der Waals surface area (Å²) in [7, 11) is 2.59. The molecule has 1 N–H and O–H groups in total. The second-order valence-electron chi connectivity index (χ2n) is 9.77. The highest BCUT2D eigenvalue weighted by Crippen LogP contribution is 2.38. The van der Waals surface area contributed by atoms with Gasteiger partial charge in [0.1, 0.15) is 11.4 Å². The summed E-state index contributed by atoms with van der Waals surface area (Å²) in [5, 5.41) is 2.52. The monoisotopic (exact) mass is 655 g/mol. The van der Waals surface area contributed by atoms with E-state index in [0.29, 0.717) is 6.20 Å². The summed E-state index contributed by atoms with van der Waals surface area (Å²) >= 11 is 0. The SMILES string of the molecule is CN(C)c1nc(NC2CCC(N(OC(=O)C(F)(F)F)C(=O)c3cc(C(F)(F)F)cc(C(F)(F)F)c3)CC2)ncc1C(F)(F)F. The average Bonchev–Trinajstić information content (AvgIpc) is 2.89. The van der Waals surface area contributed by atoms with E-state index in [1.54, 1.807) is 0 Å². The van der Waals surface area contributed by atoms with Gasteiger partial charge in [0.2, 0.25) is 5.95 Å². The number of amides is 1. The van der Waals surface area contributed by atoms with Crippen molar-refractivity contribution in [1.82, 2.24) is 15.0 Å². The molecule has 0 atom stereocenters. The lowest BCUT2D eigenvalue weighted by atomic mass is 9.90. The first-order valence-electron chi connectivity index (χ1n) is 12.3. The van der Waals surface area contributed by atoms with Gasteiger partial charge in [-0.25, -0.2) is 9.78 Å². The molecule has 3 rings (SSSR count). The predicted octanol–water partition coefficient (Wildman–Crippen LogP) is 6.49. The van der Waals surface area contributed by atoms with Crippen molar-refractivity contribution in [2.45, 2.75) is 62.5 Å². The van der Waals surface area contributed by atoms with Gasteiger partial charge in [-0.2, -0.15) is 62.7 Å². The number of hydroxylamine groups is 2. The summed E-state index contributed by atoms with van der Waals surface area (Å²) in [5.74, 6) is -5.58. The Morgan fingerprint density at radius 2 is 1.34 bits per heavy atom. The molecule has 0 unspecified atom stereocenters. The van der Waals surface area contributed by atoms with Crippen molar-refractivity contribution in [3.8, 4) is 0 Å². The van der Waals surface area contributed by atoms with Gasteiger partial charge < -0.3 is 15.1 Å². The Labute approximate surface area is 239 Å². The zero-order valence-corrected chi connectivity index (χ0v) is 22.3. The maximum Gasteiger partial charge on any atom is 0.493 e. The quantitative estimate of drug-likeness (QED) is 0.291. The zero-order valence-electron chi connectivity index (χ0n) is 22.3. The molecule has 0 spiro atoms. The van der Waals surface area contributed by atoms with Gasteiger partial charge in [-0.1, -0.05) is 0 Å². The van der Waals surface area contributed by atoms with Gasteiger partial charge in [-0.3, -0.25) is 4.79 Å². The van der Waals surface area contributed by atoms with Crippen LogP contribution in [-0.2, 0) is 28.2 Å². The number of benzene rings is 1. The molecule has 44 heavy (non-hydrogen) atoms. The third-order valence-corrected chi connectivity index (χ3v) is 6.31. The van der Waals surface area contributed by atoms with Gasteiger partial charge in [0, 0.05) is 31.9 Å². The molecule has 2 aromatic rings. The molecule has 0 bridgehead atoms. The largest absolute Gasteiger partial charge is 0.493 e. The molecule has 1 amide bonds. The Kier molecular flexibility index (Phi) is 9.55. The number of nitrogens with one attached hydrogen (secondary N) is 1. The molecule has 1 heterocycles. The van der Waals surface area contributed by atoms with Crippen LogP contribution in [-0.4, -0.2) is 59.3 Å². The zero-order chi connectivity index (χ0) is 33.4. The lowest BCUT2D eigenvalue weighted by Crippen LogP contribution is -2.47. The first-order valence-corrected chi connectivity index (χ1v) is 12.3. The van der Waals surface area contributed by atoms with Crippen molar-refractivity contribution in [2.75, 3.05) is 24.3 Å². The van der Waals surface area contributed by atoms with Crippen LogP contribution in [0.4, 0.5) is 64.5 Å². The molecule has 8 nitrogen and oxygen atoms in total. The number of aromatic nitrogens is 2. The van der Waals surface area contributed by atoms with E-state index in [4.69, 9.17) is 0 Å². The molecule has 1 aliphatic rings. The van der Waals surface area contributed by atoms with Gasteiger partial charge in [0.15, 0.2) is 0 Å². The maximum absolute atomic E-state index is 13.3. The molecule has 0 radical (unpaired) electrons. The smallest absolute Gasteiger partial charge is 0.362 e. The number of rotatable bonds is 5. The maximum atomic E-state index is 13.3. The van der Waals surface area contributed by atoms with Crippen molar-refractivity contribution < 1.29 is 67.1 Å². The normalized spacial score (nSPS) is 18.0. The Morgan fingerprint density at radius 3 is 1.77 bits per heavy atom. The molecule has 0 aliphatic heterocycles. The summed E-state index contributed by atoms with van der Waals surface area (Å²) in [6.45, 7) is 0. The van der Waals surface area contributed by atoms with Crippen LogP contribution in [0, 0.1) is 0 Å². The van der Waals surface area contributed by atoms with Gasteiger partial charge in [-0.15, -0.1) is 0 Å². The van der Waals surface area contributed by atoms with E-state index in [-0.39, 0.29) is 54.9 Å². The number of anilines is 2. The summed E-state index contributed by atoms with van der Waals surface area (Å²) in [6.07, 6.45) is -21.5. The van der Waals surface area contributed by atoms with Gasteiger partial charge in [0.25, 0.3) is 5.91 Å². The van der Waals surface area contributed by atoms with E-state index in [9.17, 15) is 62.3 Å². The van der Waals surface area contributed by atoms with E-state index in [1.165, 1.54) is 14.1 Å². The van der Waals surface area contributed by atoms with Crippen LogP contribution in [0.2, 0.25) is 0 Å². The number of carbonyl (C=O) groups is 2. The van der Waals surface area contributed by atoms with Gasteiger partial charge in [-0.05, 0) is 43.9 Å². The number of hydrogen-bond acceptors (Lipinski definition) is 7. The van der Waals surface area contributed by atoms with Crippen LogP contribution in [0.5, 0.6) is 0 Å². The van der Waals surface area contributed by atoms with Crippen molar-refractivity contribution in [3.05, 3.63) is 46.6 Å². The molecule has 20 heteroatoms. The second kappa shape index (κ2) is 12.2. The lowest BCUT2D eigenvalue weighted by Gasteiger charge is -2.35. The van der Waals surface area contributed by atoms with Crippen LogP contribution >= 0.6 is 0 Å². The fourth-order valence-electron chi connectivity index (χ4n) is 4.25. The van der Waals surface area contributed by atoms with Gasteiger partial charge >= 0.3 is 30.7 Å². The predicted molar refractivity (Wildman–Crippen MR) is 126 cm³/mol. The van der Waals surface area contributed by atoms with Crippen molar-refractivity contribution in [1.29, 1.82) is 0 Å². The van der Waals surface area contributed by atoms with E-state index < -0.39 is 76.7 Å².